The molecule has 0 spiro atoms. The first-order valence-electron chi connectivity index (χ1n) is 9.28. The van der Waals surface area contributed by atoms with E-state index < -0.39 is 0 Å². The van der Waals surface area contributed by atoms with E-state index in [-0.39, 0.29) is 24.0 Å². The van der Waals surface area contributed by atoms with E-state index in [1.807, 2.05) is 30.3 Å². The lowest BCUT2D eigenvalue weighted by Crippen LogP contribution is -2.39. The smallest absolute Gasteiger partial charge is 0.191 e. The highest BCUT2D eigenvalue weighted by atomic mass is 127. The van der Waals surface area contributed by atoms with Crippen LogP contribution in [0.2, 0.25) is 0 Å². The average molecular weight is 477 g/mol. The Bertz CT molecular complexity index is 482. The molecular formula is C19H32IN3O3. The maximum atomic E-state index is 5.66. The first kappa shape index (κ1) is 23.0. The molecule has 1 fully saturated rings. The number of hydrogen-bond acceptors (Lipinski definition) is 4. The van der Waals surface area contributed by atoms with Crippen molar-refractivity contribution in [3.63, 3.8) is 0 Å². The van der Waals surface area contributed by atoms with Gasteiger partial charge in [0.05, 0.1) is 19.3 Å². The molecule has 1 aliphatic rings. The number of nitrogens with zero attached hydrogens (tertiary/aromatic N) is 1. The molecule has 2 rings (SSSR count). The third-order valence-electron chi connectivity index (χ3n) is 3.80. The summed E-state index contributed by atoms with van der Waals surface area (Å²) >= 11 is 0. The summed E-state index contributed by atoms with van der Waals surface area (Å²) in [5.41, 5.74) is 0. The van der Waals surface area contributed by atoms with Crippen molar-refractivity contribution in [1.29, 1.82) is 0 Å². The van der Waals surface area contributed by atoms with Crippen LogP contribution in [0.3, 0.4) is 0 Å². The van der Waals surface area contributed by atoms with Gasteiger partial charge < -0.3 is 24.8 Å². The number of benzene rings is 1. The van der Waals surface area contributed by atoms with Crippen LogP contribution in [0, 0.1) is 0 Å². The Morgan fingerprint density at radius 1 is 1.23 bits per heavy atom. The number of hydrogen-bond donors (Lipinski definition) is 2. The van der Waals surface area contributed by atoms with E-state index in [0.29, 0.717) is 25.9 Å². The van der Waals surface area contributed by atoms with Crippen molar-refractivity contribution in [3.05, 3.63) is 30.3 Å². The van der Waals surface area contributed by atoms with Gasteiger partial charge in [0.15, 0.2) is 5.96 Å². The number of rotatable bonds is 11. The monoisotopic (exact) mass is 477 g/mol. The predicted octanol–water partition coefficient (Wildman–Crippen LogP) is 2.82. The van der Waals surface area contributed by atoms with E-state index in [0.717, 1.165) is 57.3 Å². The summed E-state index contributed by atoms with van der Waals surface area (Å²) < 4.78 is 16.8. The zero-order chi connectivity index (χ0) is 17.6. The molecule has 1 unspecified atom stereocenters. The van der Waals surface area contributed by atoms with Gasteiger partial charge in [-0.3, -0.25) is 4.99 Å². The largest absolute Gasteiger partial charge is 0.492 e. The Labute approximate surface area is 174 Å². The minimum atomic E-state index is 0. The Hall–Kier alpha value is -1.06. The highest BCUT2D eigenvalue weighted by Crippen LogP contribution is 2.11. The fourth-order valence-corrected chi connectivity index (χ4v) is 2.54. The van der Waals surface area contributed by atoms with Gasteiger partial charge in [0, 0.05) is 26.3 Å². The highest BCUT2D eigenvalue weighted by Gasteiger charge is 2.14. The fraction of sp³-hybridized carbons (Fsp3) is 0.632. The van der Waals surface area contributed by atoms with Gasteiger partial charge in [-0.1, -0.05) is 18.2 Å². The lowest BCUT2D eigenvalue weighted by molar-refractivity contribution is 0.0171. The van der Waals surface area contributed by atoms with Crippen LogP contribution in [0.25, 0.3) is 0 Å². The highest BCUT2D eigenvalue weighted by molar-refractivity contribution is 14.0. The number of ether oxygens (including phenoxy) is 3. The predicted molar refractivity (Wildman–Crippen MR) is 116 cm³/mol. The van der Waals surface area contributed by atoms with Gasteiger partial charge in [-0.05, 0) is 38.3 Å². The summed E-state index contributed by atoms with van der Waals surface area (Å²) in [6.45, 7) is 7.24. The number of halogens is 1. The summed E-state index contributed by atoms with van der Waals surface area (Å²) in [5.74, 6) is 1.70. The minimum Gasteiger partial charge on any atom is -0.492 e. The summed E-state index contributed by atoms with van der Waals surface area (Å²) in [4.78, 5) is 4.55. The molecule has 1 aliphatic heterocycles. The van der Waals surface area contributed by atoms with Gasteiger partial charge >= 0.3 is 0 Å². The van der Waals surface area contributed by atoms with E-state index in [2.05, 4.69) is 22.5 Å². The van der Waals surface area contributed by atoms with Gasteiger partial charge in [0.25, 0.3) is 0 Å². The van der Waals surface area contributed by atoms with Crippen LogP contribution in [0.1, 0.15) is 26.2 Å². The van der Waals surface area contributed by atoms with Gasteiger partial charge in [0.1, 0.15) is 12.4 Å². The summed E-state index contributed by atoms with van der Waals surface area (Å²) in [6.07, 6.45) is 3.48. The second-order valence-corrected chi connectivity index (χ2v) is 5.91. The number of nitrogens with one attached hydrogen (secondary N) is 2. The van der Waals surface area contributed by atoms with E-state index in [4.69, 9.17) is 14.2 Å². The summed E-state index contributed by atoms with van der Waals surface area (Å²) in [7, 11) is 0. The Balaban J connectivity index is 0.00000338. The molecular weight excluding hydrogens is 445 g/mol. The SMILES string of the molecule is CCNC(=NCCCOCC1CCCO1)NCCOc1ccccc1.I. The molecule has 0 aromatic heterocycles. The lowest BCUT2D eigenvalue weighted by Gasteiger charge is -2.12. The minimum absolute atomic E-state index is 0. The molecule has 26 heavy (non-hydrogen) atoms. The molecule has 1 heterocycles. The molecule has 1 atom stereocenters. The number of aliphatic imine (C=N–C) groups is 1. The van der Waals surface area contributed by atoms with Gasteiger partial charge in [-0.25, -0.2) is 0 Å². The molecule has 148 valence electrons. The fourth-order valence-electron chi connectivity index (χ4n) is 2.54. The molecule has 0 bridgehead atoms. The molecule has 1 aromatic carbocycles. The van der Waals surface area contributed by atoms with Gasteiger partial charge in [-0.2, -0.15) is 0 Å². The van der Waals surface area contributed by atoms with Crippen molar-refractivity contribution in [2.24, 2.45) is 4.99 Å². The second-order valence-electron chi connectivity index (χ2n) is 5.91. The molecule has 0 aliphatic carbocycles. The molecule has 0 radical (unpaired) electrons. The molecule has 2 N–H and O–H groups in total. The van der Waals surface area contributed by atoms with Crippen molar-refractivity contribution in [2.75, 3.05) is 46.1 Å². The van der Waals surface area contributed by atoms with E-state index >= 15 is 0 Å². The third-order valence-corrected chi connectivity index (χ3v) is 3.80. The summed E-state index contributed by atoms with van der Waals surface area (Å²) in [5, 5.41) is 6.52. The van der Waals surface area contributed by atoms with Crippen LogP contribution >= 0.6 is 24.0 Å². The van der Waals surface area contributed by atoms with Crippen molar-refractivity contribution >= 4 is 29.9 Å². The van der Waals surface area contributed by atoms with Crippen molar-refractivity contribution < 1.29 is 14.2 Å². The molecule has 1 saturated heterocycles. The second kappa shape index (κ2) is 15.0. The maximum Gasteiger partial charge on any atom is 0.191 e. The van der Waals surface area contributed by atoms with Crippen LogP contribution in [0.5, 0.6) is 5.75 Å². The van der Waals surface area contributed by atoms with Gasteiger partial charge in [0.2, 0.25) is 0 Å². The normalized spacial score (nSPS) is 16.8. The maximum absolute atomic E-state index is 5.66. The Morgan fingerprint density at radius 3 is 2.81 bits per heavy atom. The average Bonchev–Trinajstić information content (AvgIpc) is 3.16. The van der Waals surface area contributed by atoms with Crippen LogP contribution in [0.15, 0.2) is 35.3 Å². The van der Waals surface area contributed by atoms with Gasteiger partial charge in [-0.15, -0.1) is 24.0 Å². The quantitative estimate of drug-likeness (QED) is 0.222. The third kappa shape index (κ3) is 10.2. The molecule has 1 aromatic rings. The lowest BCUT2D eigenvalue weighted by atomic mass is 10.2. The Morgan fingerprint density at radius 2 is 2.08 bits per heavy atom. The van der Waals surface area contributed by atoms with E-state index in [9.17, 15) is 0 Å². The van der Waals surface area contributed by atoms with Crippen molar-refractivity contribution in [2.45, 2.75) is 32.3 Å². The summed E-state index contributed by atoms with van der Waals surface area (Å²) in [6, 6.07) is 9.82. The van der Waals surface area contributed by atoms with E-state index in [1.54, 1.807) is 0 Å². The van der Waals surface area contributed by atoms with Crippen molar-refractivity contribution in [1.82, 2.24) is 10.6 Å². The van der Waals surface area contributed by atoms with Crippen molar-refractivity contribution in [3.8, 4) is 5.75 Å². The first-order chi connectivity index (χ1) is 12.4. The standard InChI is InChI=1S/C19H31N3O3.HI/c1-2-20-19(22-12-15-25-17-8-4-3-5-9-17)21-11-7-13-23-16-18-10-6-14-24-18;/h3-5,8-9,18H,2,6-7,10-16H2,1H3,(H2,20,21,22);1H. The van der Waals surface area contributed by atoms with Crippen LogP contribution < -0.4 is 15.4 Å². The number of guanidine groups is 1. The topological polar surface area (TPSA) is 64.1 Å². The number of para-hydroxylation sites is 1. The molecule has 0 amide bonds. The van der Waals surface area contributed by atoms with Crippen LogP contribution in [-0.4, -0.2) is 58.1 Å². The van der Waals surface area contributed by atoms with Crippen LogP contribution in [-0.2, 0) is 9.47 Å². The first-order valence-corrected chi connectivity index (χ1v) is 9.28. The molecule has 6 nitrogen and oxygen atoms in total. The van der Waals surface area contributed by atoms with E-state index in [1.165, 1.54) is 0 Å². The molecule has 0 saturated carbocycles. The Kier molecular flexibility index (Phi) is 13.3. The molecule has 7 heteroatoms. The van der Waals surface area contributed by atoms with Crippen LogP contribution in [0.4, 0.5) is 0 Å². The zero-order valence-electron chi connectivity index (χ0n) is 15.6. The zero-order valence-corrected chi connectivity index (χ0v) is 17.9.